The third kappa shape index (κ3) is 3.16. The molecule has 1 fully saturated rings. The highest BCUT2D eigenvalue weighted by molar-refractivity contribution is 7.89. The van der Waals surface area contributed by atoms with Gasteiger partial charge in [0.15, 0.2) is 0 Å². The zero-order valence-electron chi connectivity index (χ0n) is 10.4. The summed E-state index contributed by atoms with van der Waals surface area (Å²) >= 11 is 5.68. The van der Waals surface area contributed by atoms with Crippen LogP contribution in [0.1, 0.15) is 5.56 Å². The Morgan fingerprint density at radius 1 is 1.19 bits per heavy atom. The van der Waals surface area contributed by atoms with Crippen molar-refractivity contribution < 1.29 is 31.8 Å². The molecule has 118 valence electrons. The fourth-order valence-electron chi connectivity index (χ4n) is 1.95. The first-order valence-corrected chi connectivity index (χ1v) is 7.58. The Morgan fingerprint density at radius 2 is 1.71 bits per heavy atom. The molecule has 2 atom stereocenters. The van der Waals surface area contributed by atoms with E-state index in [0.29, 0.717) is 16.4 Å². The zero-order valence-corrected chi connectivity index (χ0v) is 12.0. The lowest BCUT2D eigenvalue weighted by Crippen LogP contribution is -2.30. The van der Waals surface area contributed by atoms with Gasteiger partial charge in [-0.05, 0) is 18.2 Å². The summed E-state index contributed by atoms with van der Waals surface area (Å²) in [6, 6.07) is 1.96. The van der Waals surface area contributed by atoms with Crippen LogP contribution in [0.15, 0.2) is 23.1 Å². The monoisotopic (exact) mass is 345 g/mol. The van der Waals surface area contributed by atoms with Gasteiger partial charge in [-0.15, -0.1) is 0 Å². The second kappa shape index (κ2) is 5.40. The third-order valence-corrected chi connectivity index (χ3v) is 5.42. The molecule has 2 unspecified atom stereocenters. The van der Waals surface area contributed by atoms with Crippen LogP contribution in [-0.4, -0.2) is 48.2 Å². The van der Waals surface area contributed by atoms with Gasteiger partial charge < -0.3 is 10.2 Å². The molecule has 10 heteroatoms. The van der Waals surface area contributed by atoms with E-state index >= 15 is 0 Å². The number of hydrogen-bond acceptors (Lipinski definition) is 4. The van der Waals surface area contributed by atoms with Crippen LogP contribution in [0.2, 0.25) is 5.02 Å². The smallest absolute Gasteiger partial charge is 0.389 e. The second-order valence-corrected chi connectivity index (χ2v) is 6.91. The Kier molecular flexibility index (Phi) is 4.24. The van der Waals surface area contributed by atoms with Crippen LogP contribution < -0.4 is 0 Å². The predicted molar refractivity (Wildman–Crippen MR) is 67.2 cm³/mol. The molecule has 1 aromatic rings. The van der Waals surface area contributed by atoms with Gasteiger partial charge in [-0.3, -0.25) is 0 Å². The maximum absolute atomic E-state index is 12.7. The van der Waals surface area contributed by atoms with E-state index in [0.717, 1.165) is 6.07 Å². The van der Waals surface area contributed by atoms with Gasteiger partial charge in [-0.2, -0.15) is 17.5 Å². The normalized spacial score (nSPS) is 24.5. The van der Waals surface area contributed by atoms with Gasteiger partial charge in [0.1, 0.15) is 4.90 Å². The molecule has 1 heterocycles. The minimum atomic E-state index is -4.71. The highest BCUT2D eigenvalue weighted by Gasteiger charge is 2.39. The maximum Gasteiger partial charge on any atom is 0.416 e. The number of aliphatic hydroxyl groups excluding tert-OH is 2. The van der Waals surface area contributed by atoms with Crippen LogP contribution in [-0.2, 0) is 16.2 Å². The average Bonchev–Trinajstić information content (AvgIpc) is 2.69. The standard InChI is InChI=1S/C11H11ClF3NO4S/c12-7-2-1-6(11(13,14)15)3-10(7)21(19,20)16-4-8(17)9(18)5-16/h1-3,8-9,17-18H,4-5H2. The molecular formula is C11H11ClF3NO4S. The van der Waals surface area contributed by atoms with Crippen LogP contribution >= 0.6 is 11.6 Å². The zero-order chi connectivity index (χ0) is 16.0. The Balaban J connectivity index is 2.45. The van der Waals surface area contributed by atoms with Crippen molar-refractivity contribution >= 4 is 21.6 Å². The molecular weight excluding hydrogens is 335 g/mol. The molecule has 0 radical (unpaired) electrons. The van der Waals surface area contributed by atoms with Gasteiger partial charge >= 0.3 is 6.18 Å². The number of halogens is 4. The highest BCUT2D eigenvalue weighted by Crippen LogP contribution is 2.35. The summed E-state index contributed by atoms with van der Waals surface area (Å²) in [5.74, 6) is 0. The van der Waals surface area contributed by atoms with Gasteiger partial charge in [0, 0.05) is 13.1 Å². The van der Waals surface area contributed by atoms with E-state index in [1.165, 1.54) is 0 Å². The molecule has 2 rings (SSSR count). The summed E-state index contributed by atoms with van der Waals surface area (Å²) in [4.78, 5) is -0.708. The van der Waals surface area contributed by atoms with E-state index in [-0.39, 0.29) is 5.02 Å². The molecule has 1 aliphatic rings. The first-order chi connectivity index (χ1) is 9.53. The molecule has 0 saturated carbocycles. The van der Waals surface area contributed by atoms with Crippen LogP contribution in [0.5, 0.6) is 0 Å². The average molecular weight is 346 g/mol. The van der Waals surface area contributed by atoms with Crippen molar-refractivity contribution in [2.45, 2.75) is 23.3 Å². The topological polar surface area (TPSA) is 77.8 Å². The van der Waals surface area contributed by atoms with Gasteiger partial charge in [-0.1, -0.05) is 11.6 Å². The van der Waals surface area contributed by atoms with Gasteiger partial charge in [-0.25, -0.2) is 8.42 Å². The SMILES string of the molecule is O=S(=O)(c1cc(C(F)(F)F)ccc1Cl)N1CC(O)C(O)C1. The van der Waals surface area contributed by atoms with E-state index in [2.05, 4.69) is 0 Å². The lowest BCUT2D eigenvalue weighted by Gasteiger charge is -2.17. The lowest BCUT2D eigenvalue weighted by molar-refractivity contribution is -0.137. The van der Waals surface area contributed by atoms with Crippen LogP contribution in [0.25, 0.3) is 0 Å². The molecule has 1 saturated heterocycles. The minimum Gasteiger partial charge on any atom is -0.389 e. The predicted octanol–water partition coefficient (Wildman–Crippen LogP) is 1.08. The van der Waals surface area contributed by atoms with Crippen molar-refractivity contribution in [2.75, 3.05) is 13.1 Å². The van der Waals surface area contributed by atoms with Crippen molar-refractivity contribution in [1.82, 2.24) is 4.31 Å². The molecule has 1 aliphatic heterocycles. The summed E-state index contributed by atoms with van der Waals surface area (Å²) in [5.41, 5.74) is -1.15. The van der Waals surface area contributed by atoms with Crippen molar-refractivity contribution in [3.05, 3.63) is 28.8 Å². The van der Waals surface area contributed by atoms with E-state index in [1.54, 1.807) is 0 Å². The number of rotatable bonds is 2. The van der Waals surface area contributed by atoms with Crippen molar-refractivity contribution in [1.29, 1.82) is 0 Å². The van der Waals surface area contributed by atoms with Crippen LogP contribution in [0.4, 0.5) is 13.2 Å². The van der Waals surface area contributed by atoms with E-state index in [1.807, 2.05) is 0 Å². The van der Waals surface area contributed by atoms with Gasteiger partial charge in [0.05, 0.1) is 22.8 Å². The number of hydrogen-bond donors (Lipinski definition) is 2. The molecule has 5 nitrogen and oxygen atoms in total. The number of nitrogens with zero attached hydrogens (tertiary/aromatic N) is 1. The molecule has 0 aromatic heterocycles. The first kappa shape index (κ1) is 16.5. The summed E-state index contributed by atoms with van der Waals surface area (Å²) < 4.78 is 63.2. The Labute approximate surface area is 123 Å². The van der Waals surface area contributed by atoms with E-state index in [4.69, 9.17) is 11.6 Å². The number of β-amino-alcohol motifs (C(OH)–C–C–N with tert-alkyl or cyclic N) is 2. The third-order valence-electron chi connectivity index (χ3n) is 3.10. The first-order valence-electron chi connectivity index (χ1n) is 5.76. The highest BCUT2D eigenvalue weighted by atomic mass is 35.5. The molecule has 0 amide bonds. The van der Waals surface area contributed by atoms with Gasteiger partial charge in [0.25, 0.3) is 0 Å². The summed E-state index contributed by atoms with van der Waals surface area (Å²) in [7, 11) is -4.34. The second-order valence-electron chi connectivity index (χ2n) is 4.60. The largest absolute Gasteiger partial charge is 0.416 e. The van der Waals surface area contributed by atoms with Crippen molar-refractivity contribution in [3.63, 3.8) is 0 Å². The fourth-order valence-corrected chi connectivity index (χ4v) is 3.92. The number of sulfonamides is 1. The summed E-state index contributed by atoms with van der Waals surface area (Å²) in [6.45, 7) is -0.813. The molecule has 21 heavy (non-hydrogen) atoms. The van der Waals surface area contributed by atoms with E-state index in [9.17, 15) is 31.8 Å². The minimum absolute atomic E-state index is 0.362. The van der Waals surface area contributed by atoms with Gasteiger partial charge in [0.2, 0.25) is 10.0 Å². The number of alkyl halides is 3. The maximum atomic E-state index is 12.7. The Hall–Kier alpha value is -0.870. The number of aliphatic hydroxyl groups is 2. The summed E-state index contributed by atoms with van der Waals surface area (Å²) in [6.07, 6.45) is -7.28. The number of benzene rings is 1. The van der Waals surface area contributed by atoms with Crippen molar-refractivity contribution in [3.8, 4) is 0 Å². The Morgan fingerprint density at radius 3 is 2.19 bits per heavy atom. The lowest BCUT2D eigenvalue weighted by atomic mass is 10.2. The summed E-state index contributed by atoms with van der Waals surface area (Å²) in [5, 5.41) is 18.4. The molecule has 1 aromatic carbocycles. The Bertz CT molecular complexity index is 639. The molecule has 0 aliphatic carbocycles. The molecule has 0 spiro atoms. The molecule has 0 bridgehead atoms. The quantitative estimate of drug-likeness (QED) is 0.841. The van der Waals surface area contributed by atoms with E-state index < -0.39 is 52.0 Å². The molecule has 2 N–H and O–H groups in total. The fraction of sp³-hybridized carbons (Fsp3) is 0.455. The van der Waals surface area contributed by atoms with Crippen molar-refractivity contribution in [2.24, 2.45) is 0 Å². The van der Waals surface area contributed by atoms with Crippen LogP contribution in [0.3, 0.4) is 0 Å². The van der Waals surface area contributed by atoms with Crippen LogP contribution in [0, 0.1) is 0 Å².